The number of nitrogens with one attached hydrogen (secondary N) is 1. The molecule has 0 saturated carbocycles. The number of ether oxygens (including phenoxy) is 1. The Balaban J connectivity index is 1.57. The number of piperidine rings is 1. The van der Waals surface area contributed by atoms with Crippen LogP contribution >= 0.6 is 0 Å². The van der Waals surface area contributed by atoms with Crippen molar-refractivity contribution < 1.29 is 22.4 Å². The number of fused-ring (bicyclic) bond motifs is 1. The van der Waals surface area contributed by atoms with E-state index in [4.69, 9.17) is 9.15 Å². The minimum atomic E-state index is -3.72. The molecule has 2 heterocycles. The quantitative estimate of drug-likeness (QED) is 0.589. The zero-order valence-corrected chi connectivity index (χ0v) is 19.6. The fourth-order valence-corrected chi connectivity index (χ4v) is 6.05. The zero-order valence-electron chi connectivity index (χ0n) is 18.8. The molecular weight excluding hydrogens is 446 g/mol. The SMILES string of the molecule is COc1cccc(NC(=O)Cn2c(=O)oc3cc(S(=O)(=O)N4C[C@H](C)C[C@H](C)C4)ccc32)c1. The summed E-state index contributed by atoms with van der Waals surface area (Å²) in [6, 6.07) is 11.2. The van der Waals surface area contributed by atoms with E-state index in [2.05, 4.69) is 5.32 Å². The van der Waals surface area contributed by atoms with Crippen LogP contribution in [-0.2, 0) is 21.4 Å². The molecule has 1 N–H and O–H groups in total. The summed E-state index contributed by atoms with van der Waals surface area (Å²) in [5.41, 5.74) is 0.993. The number of hydrogen-bond donors (Lipinski definition) is 1. The predicted molar refractivity (Wildman–Crippen MR) is 124 cm³/mol. The van der Waals surface area contributed by atoms with E-state index in [9.17, 15) is 18.0 Å². The van der Waals surface area contributed by atoms with Crippen molar-refractivity contribution in [1.82, 2.24) is 8.87 Å². The number of sulfonamides is 1. The standard InChI is InChI=1S/C23H27N3O6S/c1-15-9-16(2)13-25(12-15)33(29,30)19-7-8-20-21(11-19)32-23(28)26(20)14-22(27)24-17-5-4-6-18(10-17)31-3/h4-8,10-11,15-16H,9,12-14H2,1-3H3,(H,24,27)/t15-,16+. The first-order valence-corrected chi connectivity index (χ1v) is 12.2. The number of methoxy groups -OCH3 is 1. The van der Waals surface area contributed by atoms with Gasteiger partial charge >= 0.3 is 5.76 Å². The van der Waals surface area contributed by atoms with Crippen LogP contribution in [0.15, 0.2) is 56.6 Å². The van der Waals surface area contributed by atoms with Crippen LogP contribution in [0.2, 0.25) is 0 Å². The highest BCUT2D eigenvalue weighted by molar-refractivity contribution is 7.89. The third-order valence-electron chi connectivity index (χ3n) is 5.77. The average molecular weight is 474 g/mol. The molecule has 176 valence electrons. The minimum absolute atomic E-state index is 0.0676. The number of carbonyl (C=O) groups is 1. The van der Waals surface area contributed by atoms with Gasteiger partial charge in [0, 0.05) is 30.9 Å². The van der Waals surface area contributed by atoms with Gasteiger partial charge in [-0.25, -0.2) is 13.2 Å². The Hall–Kier alpha value is -3.11. The number of hydrogen-bond acceptors (Lipinski definition) is 6. The molecule has 1 amide bonds. The van der Waals surface area contributed by atoms with Gasteiger partial charge in [0.25, 0.3) is 0 Å². The maximum atomic E-state index is 13.2. The van der Waals surface area contributed by atoms with Crippen molar-refractivity contribution in [2.45, 2.75) is 31.7 Å². The fraction of sp³-hybridized carbons (Fsp3) is 0.391. The number of benzene rings is 2. The van der Waals surface area contributed by atoms with Crippen molar-refractivity contribution >= 4 is 32.7 Å². The second-order valence-electron chi connectivity index (χ2n) is 8.63. The van der Waals surface area contributed by atoms with Gasteiger partial charge in [-0.2, -0.15) is 4.31 Å². The molecular formula is C23H27N3O6S. The first-order chi connectivity index (χ1) is 15.7. The Morgan fingerprint density at radius 2 is 1.88 bits per heavy atom. The number of carbonyl (C=O) groups excluding carboxylic acids is 1. The summed E-state index contributed by atoms with van der Waals surface area (Å²) in [6.07, 6.45) is 0.987. The number of oxazole rings is 1. The van der Waals surface area contributed by atoms with Gasteiger partial charge in [-0.1, -0.05) is 19.9 Å². The molecule has 0 aliphatic carbocycles. The molecule has 0 unspecified atom stereocenters. The molecule has 1 aromatic heterocycles. The summed E-state index contributed by atoms with van der Waals surface area (Å²) in [6.45, 7) is 4.71. The molecule has 2 aromatic carbocycles. The van der Waals surface area contributed by atoms with E-state index in [0.29, 0.717) is 30.0 Å². The van der Waals surface area contributed by atoms with E-state index in [1.54, 1.807) is 24.3 Å². The Kier molecular flexibility index (Phi) is 6.31. The second-order valence-corrected chi connectivity index (χ2v) is 10.6. The van der Waals surface area contributed by atoms with Crippen molar-refractivity contribution in [2.24, 2.45) is 11.8 Å². The van der Waals surface area contributed by atoms with Gasteiger partial charge in [0.1, 0.15) is 12.3 Å². The highest BCUT2D eigenvalue weighted by Gasteiger charge is 2.32. The topological polar surface area (TPSA) is 111 Å². The molecule has 0 spiro atoms. The molecule has 3 aromatic rings. The van der Waals surface area contributed by atoms with Crippen LogP contribution in [0.5, 0.6) is 5.75 Å². The molecule has 10 heteroatoms. The zero-order chi connectivity index (χ0) is 23.8. The summed E-state index contributed by atoms with van der Waals surface area (Å²) in [7, 11) is -2.20. The monoisotopic (exact) mass is 473 g/mol. The largest absolute Gasteiger partial charge is 0.497 e. The molecule has 1 aliphatic rings. The highest BCUT2D eigenvalue weighted by atomic mass is 32.2. The van der Waals surface area contributed by atoms with E-state index in [-0.39, 0.29) is 28.9 Å². The Morgan fingerprint density at radius 1 is 1.15 bits per heavy atom. The molecule has 0 bridgehead atoms. The first-order valence-electron chi connectivity index (χ1n) is 10.7. The van der Waals surface area contributed by atoms with E-state index >= 15 is 0 Å². The van der Waals surface area contributed by atoms with Gasteiger partial charge in [0.05, 0.1) is 17.5 Å². The normalized spacial score (nSPS) is 19.5. The van der Waals surface area contributed by atoms with E-state index in [1.807, 2.05) is 13.8 Å². The van der Waals surface area contributed by atoms with Crippen LogP contribution in [0.3, 0.4) is 0 Å². The lowest BCUT2D eigenvalue weighted by Gasteiger charge is -2.34. The lowest BCUT2D eigenvalue weighted by molar-refractivity contribution is -0.116. The smallest absolute Gasteiger partial charge is 0.420 e. The van der Waals surface area contributed by atoms with Gasteiger partial charge in [-0.05, 0) is 42.5 Å². The van der Waals surface area contributed by atoms with E-state index < -0.39 is 21.7 Å². The highest BCUT2D eigenvalue weighted by Crippen LogP contribution is 2.28. The number of amides is 1. The minimum Gasteiger partial charge on any atom is -0.497 e. The lowest BCUT2D eigenvalue weighted by Crippen LogP contribution is -2.42. The Labute approximate surface area is 192 Å². The molecule has 2 atom stereocenters. The molecule has 0 radical (unpaired) electrons. The molecule has 4 rings (SSSR count). The summed E-state index contributed by atoms with van der Waals surface area (Å²) in [5.74, 6) is -0.0321. The summed E-state index contributed by atoms with van der Waals surface area (Å²) >= 11 is 0. The van der Waals surface area contributed by atoms with Crippen molar-refractivity contribution in [3.63, 3.8) is 0 Å². The number of aromatic nitrogens is 1. The number of nitrogens with zero attached hydrogens (tertiary/aromatic N) is 2. The molecule has 1 fully saturated rings. The van der Waals surface area contributed by atoms with Gasteiger partial charge < -0.3 is 14.5 Å². The van der Waals surface area contributed by atoms with Crippen LogP contribution in [0, 0.1) is 11.8 Å². The van der Waals surface area contributed by atoms with Crippen LogP contribution in [-0.4, -0.2) is 43.4 Å². The van der Waals surface area contributed by atoms with Gasteiger partial charge in [0.15, 0.2) is 5.58 Å². The summed E-state index contributed by atoms with van der Waals surface area (Å²) < 4.78 is 39.4. The molecule has 9 nitrogen and oxygen atoms in total. The third kappa shape index (κ3) is 4.81. The maximum Gasteiger partial charge on any atom is 0.420 e. The predicted octanol–water partition coefficient (Wildman–Crippen LogP) is 2.91. The Morgan fingerprint density at radius 3 is 2.58 bits per heavy atom. The van der Waals surface area contributed by atoms with Gasteiger partial charge in [0.2, 0.25) is 15.9 Å². The Bertz CT molecular complexity index is 1330. The third-order valence-corrected chi connectivity index (χ3v) is 7.60. The summed E-state index contributed by atoms with van der Waals surface area (Å²) in [4.78, 5) is 25.0. The summed E-state index contributed by atoms with van der Waals surface area (Å²) in [5, 5.41) is 2.71. The van der Waals surface area contributed by atoms with Crippen molar-refractivity contribution in [3.8, 4) is 5.75 Å². The average Bonchev–Trinajstić information content (AvgIpc) is 3.07. The lowest BCUT2D eigenvalue weighted by atomic mass is 9.94. The fourth-order valence-electron chi connectivity index (χ4n) is 4.35. The number of rotatable bonds is 6. The van der Waals surface area contributed by atoms with Crippen LogP contribution in [0.1, 0.15) is 20.3 Å². The molecule has 33 heavy (non-hydrogen) atoms. The molecule has 1 aliphatic heterocycles. The van der Waals surface area contributed by atoms with E-state index in [1.165, 1.54) is 34.2 Å². The van der Waals surface area contributed by atoms with Crippen LogP contribution < -0.4 is 15.8 Å². The second kappa shape index (κ2) is 9.03. The van der Waals surface area contributed by atoms with E-state index in [0.717, 1.165) is 6.42 Å². The number of anilines is 1. The maximum absolute atomic E-state index is 13.2. The van der Waals surface area contributed by atoms with Crippen molar-refractivity contribution in [1.29, 1.82) is 0 Å². The van der Waals surface area contributed by atoms with Crippen LogP contribution in [0.4, 0.5) is 5.69 Å². The van der Waals surface area contributed by atoms with Gasteiger partial charge in [-0.3, -0.25) is 9.36 Å². The molecule has 1 saturated heterocycles. The first kappa shape index (κ1) is 23.1. The van der Waals surface area contributed by atoms with Gasteiger partial charge in [-0.15, -0.1) is 0 Å². The van der Waals surface area contributed by atoms with Crippen molar-refractivity contribution in [2.75, 3.05) is 25.5 Å². The van der Waals surface area contributed by atoms with Crippen LogP contribution in [0.25, 0.3) is 11.1 Å². The van der Waals surface area contributed by atoms with Crippen molar-refractivity contribution in [3.05, 3.63) is 53.0 Å².